The largest absolute Gasteiger partial charge is 0.330 e. The van der Waals surface area contributed by atoms with E-state index >= 15 is 0 Å². The van der Waals surface area contributed by atoms with Crippen LogP contribution in [0.2, 0.25) is 0 Å². The van der Waals surface area contributed by atoms with Crippen molar-refractivity contribution in [3.8, 4) is 0 Å². The van der Waals surface area contributed by atoms with E-state index in [1.807, 2.05) is 0 Å². The van der Waals surface area contributed by atoms with E-state index < -0.39 is 9.84 Å². The van der Waals surface area contributed by atoms with Crippen molar-refractivity contribution in [2.75, 3.05) is 18.1 Å². The van der Waals surface area contributed by atoms with E-state index in [0.717, 1.165) is 25.3 Å². The summed E-state index contributed by atoms with van der Waals surface area (Å²) in [6, 6.07) is 0. The highest BCUT2D eigenvalue weighted by Crippen LogP contribution is 2.43. The molecule has 0 unspecified atom stereocenters. The van der Waals surface area contributed by atoms with E-state index in [9.17, 15) is 8.42 Å². The summed E-state index contributed by atoms with van der Waals surface area (Å²) in [5.41, 5.74) is 6.24. The Hall–Kier alpha value is -0.0900. The number of hydrogen-bond acceptors (Lipinski definition) is 3. The molecule has 1 aliphatic carbocycles. The molecule has 0 aromatic heterocycles. The van der Waals surface area contributed by atoms with Crippen LogP contribution in [0.3, 0.4) is 0 Å². The Balaban J connectivity index is 2.38. The lowest BCUT2D eigenvalue weighted by Crippen LogP contribution is -2.35. The molecule has 0 aromatic carbocycles. The van der Waals surface area contributed by atoms with Crippen molar-refractivity contribution in [3.05, 3.63) is 0 Å². The number of rotatable bonds is 9. The van der Waals surface area contributed by atoms with Crippen LogP contribution in [0.5, 0.6) is 0 Å². The molecule has 1 rings (SSSR count). The number of unbranched alkanes of at least 4 members (excludes halogenated alkanes) is 1. The molecule has 0 saturated heterocycles. The van der Waals surface area contributed by atoms with Gasteiger partial charge in [0.1, 0.15) is 9.84 Å². The Labute approximate surface area is 125 Å². The maximum atomic E-state index is 11.6. The van der Waals surface area contributed by atoms with Crippen molar-refractivity contribution in [3.63, 3.8) is 0 Å². The van der Waals surface area contributed by atoms with E-state index in [1.54, 1.807) is 6.92 Å². The fraction of sp³-hybridized carbons (Fsp3) is 1.00. The summed E-state index contributed by atoms with van der Waals surface area (Å²) in [4.78, 5) is 0. The van der Waals surface area contributed by atoms with Crippen molar-refractivity contribution >= 4 is 9.84 Å². The average Bonchev–Trinajstić information content (AvgIpc) is 2.46. The van der Waals surface area contributed by atoms with Crippen molar-refractivity contribution in [1.29, 1.82) is 0 Å². The zero-order valence-electron chi connectivity index (χ0n) is 13.4. The fourth-order valence-electron chi connectivity index (χ4n) is 3.44. The predicted molar refractivity (Wildman–Crippen MR) is 86.5 cm³/mol. The third-order valence-corrected chi connectivity index (χ3v) is 6.96. The van der Waals surface area contributed by atoms with Gasteiger partial charge in [0.2, 0.25) is 0 Å². The quantitative estimate of drug-likeness (QED) is 0.709. The standard InChI is InChI=1S/C16H33NO2S/c1-3-5-7-15-8-11-16(14-17,12-9-15)10-6-13-20(18,19)4-2/h15H,3-14,17H2,1-2H3. The molecule has 0 heterocycles. The number of sulfone groups is 1. The Kier molecular flexibility index (Phi) is 7.52. The van der Waals surface area contributed by atoms with Gasteiger partial charge in [0.05, 0.1) is 5.75 Å². The summed E-state index contributed by atoms with van der Waals surface area (Å²) in [5.74, 6) is 1.49. The lowest BCUT2D eigenvalue weighted by Gasteiger charge is -2.39. The maximum Gasteiger partial charge on any atom is 0.150 e. The van der Waals surface area contributed by atoms with Crippen LogP contribution >= 0.6 is 0 Å². The normalized spacial score (nSPS) is 27.6. The van der Waals surface area contributed by atoms with E-state index in [2.05, 4.69) is 6.92 Å². The van der Waals surface area contributed by atoms with Crippen LogP contribution in [0.1, 0.15) is 71.6 Å². The molecule has 120 valence electrons. The molecule has 3 nitrogen and oxygen atoms in total. The molecule has 0 aromatic rings. The van der Waals surface area contributed by atoms with Gasteiger partial charge < -0.3 is 5.73 Å². The second-order valence-electron chi connectivity index (χ2n) is 6.63. The smallest absolute Gasteiger partial charge is 0.150 e. The summed E-state index contributed by atoms with van der Waals surface area (Å²) in [5, 5.41) is 0. The maximum absolute atomic E-state index is 11.6. The van der Waals surface area contributed by atoms with Gasteiger partial charge in [-0.1, -0.05) is 33.1 Å². The molecule has 20 heavy (non-hydrogen) atoms. The molecular weight excluding hydrogens is 270 g/mol. The first-order chi connectivity index (χ1) is 9.47. The Morgan fingerprint density at radius 1 is 1.15 bits per heavy atom. The van der Waals surface area contributed by atoms with Crippen LogP contribution in [0.4, 0.5) is 0 Å². The van der Waals surface area contributed by atoms with Gasteiger partial charge >= 0.3 is 0 Å². The lowest BCUT2D eigenvalue weighted by molar-refractivity contribution is 0.138. The topological polar surface area (TPSA) is 60.2 Å². The van der Waals surface area contributed by atoms with E-state index in [-0.39, 0.29) is 11.2 Å². The molecule has 1 aliphatic rings. The Morgan fingerprint density at radius 3 is 2.30 bits per heavy atom. The number of nitrogens with two attached hydrogens (primary N) is 1. The van der Waals surface area contributed by atoms with Gasteiger partial charge in [-0.15, -0.1) is 0 Å². The first-order valence-corrected chi connectivity index (χ1v) is 10.2. The molecule has 2 N–H and O–H groups in total. The fourth-order valence-corrected chi connectivity index (χ4v) is 4.31. The second kappa shape index (κ2) is 8.38. The summed E-state index contributed by atoms with van der Waals surface area (Å²) < 4.78 is 23.1. The molecule has 0 spiro atoms. The van der Waals surface area contributed by atoms with Crippen molar-refractivity contribution in [1.82, 2.24) is 0 Å². The van der Waals surface area contributed by atoms with Crippen molar-refractivity contribution < 1.29 is 8.42 Å². The van der Waals surface area contributed by atoms with Crippen LogP contribution in [0, 0.1) is 11.3 Å². The highest BCUT2D eigenvalue weighted by atomic mass is 32.2. The minimum Gasteiger partial charge on any atom is -0.330 e. The predicted octanol–water partition coefficient (Wildman–Crippen LogP) is 3.53. The molecule has 1 saturated carbocycles. The molecule has 4 heteroatoms. The minimum absolute atomic E-state index is 0.228. The average molecular weight is 304 g/mol. The monoisotopic (exact) mass is 303 g/mol. The highest BCUT2D eigenvalue weighted by molar-refractivity contribution is 7.91. The Bertz CT molecular complexity index is 357. The summed E-state index contributed by atoms with van der Waals surface area (Å²) >= 11 is 0. The van der Waals surface area contributed by atoms with Gasteiger partial charge in [-0.3, -0.25) is 0 Å². The third-order valence-electron chi connectivity index (χ3n) is 5.17. The van der Waals surface area contributed by atoms with Gasteiger partial charge in [0, 0.05) is 5.75 Å². The van der Waals surface area contributed by atoms with Gasteiger partial charge in [-0.05, 0) is 56.4 Å². The molecule has 0 aliphatic heterocycles. The zero-order chi connectivity index (χ0) is 15.1. The molecule has 0 radical (unpaired) electrons. The second-order valence-corrected chi connectivity index (χ2v) is 9.10. The zero-order valence-corrected chi connectivity index (χ0v) is 14.2. The van der Waals surface area contributed by atoms with Crippen molar-refractivity contribution in [2.24, 2.45) is 17.1 Å². The van der Waals surface area contributed by atoms with Gasteiger partial charge in [0.15, 0.2) is 0 Å². The van der Waals surface area contributed by atoms with Crippen molar-refractivity contribution in [2.45, 2.75) is 71.6 Å². The van der Waals surface area contributed by atoms with Gasteiger partial charge in [-0.2, -0.15) is 0 Å². The SMILES string of the molecule is CCCCC1CCC(CN)(CCCS(=O)(=O)CC)CC1. The molecule has 1 fully saturated rings. The third kappa shape index (κ3) is 5.72. The van der Waals surface area contributed by atoms with E-state index in [0.29, 0.717) is 5.75 Å². The van der Waals surface area contributed by atoms with E-state index in [4.69, 9.17) is 5.73 Å². The van der Waals surface area contributed by atoms with Crippen LogP contribution < -0.4 is 5.73 Å². The Morgan fingerprint density at radius 2 is 1.80 bits per heavy atom. The number of hydrogen-bond donors (Lipinski definition) is 1. The molecule has 0 amide bonds. The van der Waals surface area contributed by atoms with E-state index in [1.165, 1.54) is 44.9 Å². The van der Waals surface area contributed by atoms with Crippen LogP contribution in [-0.4, -0.2) is 26.5 Å². The lowest BCUT2D eigenvalue weighted by atomic mass is 9.67. The van der Waals surface area contributed by atoms with Crippen LogP contribution in [0.25, 0.3) is 0 Å². The van der Waals surface area contributed by atoms with Gasteiger partial charge in [0.25, 0.3) is 0 Å². The molecule has 0 bridgehead atoms. The molecule has 0 atom stereocenters. The highest BCUT2D eigenvalue weighted by Gasteiger charge is 2.33. The van der Waals surface area contributed by atoms with Crippen LogP contribution in [-0.2, 0) is 9.84 Å². The minimum atomic E-state index is -2.82. The summed E-state index contributed by atoms with van der Waals surface area (Å²) in [6.45, 7) is 4.70. The summed E-state index contributed by atoms with van der Waals surface area (Å²) in [6.07, 6.45) is 10.7. The summed E-state index contributed by atoms with van der Waals surface area (Å²) in [7, 11) is -2.82. The van der Waals surface area contributed by atoms with Crippen LogP contribution in [0.15, 0.2) is 0 Å². The van der Waals surface area contributed by atoms with Gasteiger partial charge in [-0.25, -0.2) is 8.42 Å². The molecular formula is C16H33NO2S. The first kappa shape index (κ1) is 18.0. The first-order valence-electron chi connectivity index (χ1n) is 8.37.